The van der Waals surface area contributed by atoms with E-state index in [0.717, 1.165) is 6.20 Å². The van der Waals surface area contributed by atoms with Crippen molar-refractivity contribution < 1.29 is 17.9 Å². The molecule has 0 amide bonds. The molecule has 0 atom stereocenters. The van der Waals surface area contributed by atoms with E-state index in [0.29, 0.717) is 0 Å². The molecule has 15 heavy (non-hydrogen) atoms. The summed E-state index contributed by atoms with van der Waals surface area (Å²) in [7, 11) is 0. The minimum Gasteiger partial charge on any atom is -0.400 e. The summed E-state index contributed by atoms with van der Waals surface area (Å²) in [4.78, 5) is 13.0. The van der Waals surface area contributed by atoms with Gasteiger partial charge in [-0.05, 0) is 6.07 Å². The Labute approximate surface area is 81.9 Å². The zero-order valence-electron chi connectivity index (χ0n) is 7.26. The van der Waals surface area contributed by atoms with Crippen molar-refractivity contribution in [2.24, 2.45) is 0 Å². The van der Waals surface area contributed by atoms with Gasteiger partial charge in [-0.1, -0.05) is 0 Å². The van der Waals surface area contributed by atoms with Crippen LogP contribution in [-0.2, 0) is 6.42 Å². The Balaban J connectivity index is 3.15. The van der Waals surface area contributed by atoms with Crippen molar-refractivity contribution in [2.45, 2.75) is 12.8 Å². The minimum absolute atomic E-state index is 0.0985. The number of rotatable bonds is 2. The van der Waals surface area contributed by atoms with E-state index in [4.69, 9.17) is 5.26 Å². The topological polar surface area (TPSA) is 65.9 Å². The van der Waals surface area contributed by atoms with E-state index < -0.39 is 17.7 Å². The van der Waals surface area contributed by atoms with Crippen LogP contribution in [0.3, 0.4) is 0 Å². The van der Waals surface area contributed by atoms with Gasteiger partial charge in [0.2, 0.25) is 0 Å². The van der Waals surface area contributed by atoms with Gasteiger partial charge in [0, 0.05) is 11.8 Å². The van der Waals surface area contributed by atoms with Crippen molar-refractivity contribution in [3.05, 3.63) is 28.2 Å². The number of halogens is 3. The van der Waals surface area contributed by atoms with Gasteiger partial charge in [0.1, 0.15) is 0 Å². The minimum atomic E-state index is -4.95. The summed E-state index contributed by atoms with van der Waals surface area (Å²) in [6.45, 7) is 0. The molecule has 1 rings (SSSR count). The molecule has 4 nitrogen and oxygen atoms in total. The Morgan fingerprint density at radius 3 is 2.73 bits per heavy atom. The van der Waals surface area contributed by atoms with Crippen LogP contribution in [0.25, 0.3) is 0 Å². The number of nitrogens with one attached hydrogen (secondary N) is 1. The number of nitrogens with zero attached hydrogens (tertiary/aromatic N) is 1. The molecule has 0 aliphatic rings. The third kappa shape index (κ3) is 3.02. The van der Waals surface area contributed by atoms with Gasteiger partial charge >= 0.3 is 6.36 Å². The zero-order chi connectivity index (χ0) is 11.5. The number of pyridine rings is 1. The van der Waals surface area contributed by atoms with E-state index in [1.165, 1.54) is 6.07 Å². The van der Waals surface area contributed by atoms with Gasteiger partial charge in [0.25, 0.3) is 5.56 Å². The van der Waals surface area contributed by atoms with Gasteiger partial charge in [-0.2, -0.15) is 5.26 Å². The Kier molecular flexibility index (Phi) is 2.99. The van der Waals surface area contributed by atoms with Crippen molar-refractivity contribution in [3.8, 4) is 11.8 Å². The molecular weight excluding hydrogens is 213 g/mol. The first-order chi connectivity index (χ1) is 6.94. The summed E-state index contributed by atoms with van der Waals surface area (Å²) in [5.74, 6) is -0.883. The largest absolute Gasteiger partial charge is 0.573 e. The number of aromatic nitrogens is 1. The first-order valence-corrected chi connectivity index (χ1v) is 3.77. The summed E-state index contributed by atoms with van der Waals surface area (Å²) >= 11 is 0. The number of ether oxygens (including phenoxy) is 1. The number of aromatic amines is 1. The second kappa shape index (κ2) is 4.04. The molecule has 0 saturated carbocycles. The molecule has 1 aromatic rings. The fourth-order valence-corrected chi connectivity index (χ4v) is 0.957. The summed E-state index contributed by atoms with van der Waals surface area (Å²) in [5.41, 5.74) is -1.11. The predicted octanol–water partition coefficient (Wildman–Crippen LogP) is 1.34. The molecule has 0 fully saturated rings. The van der Waals surface area contributed by atoms with Gasteiger partial charge in [0.15, 0.2) is 5.75 Å². The summed E-state index contributed by atoms with van der Waals surface area (Å²) in [6.07, 6.45) is -4.12. The van der Waals surface area contributed by atoms with E-state index in [9.17, 15) is 18.0 Å². The van der Waals surface area contributed by atoms with Crippen LogP contribution in [0.1, 0.15) is 5.56 Å². The standard InChI is InChI=1S/C8H5F3N2O2/c9-8(10,11)15-6-5(1-3-12)2-4-13-7(6)14/h2,4H,1H2,(H,13,14). The molecule has 0 spiro atoms. The van der Waals surface area contributed by atoms with Crippen molar-refractivity contribution in [2.75, 3.05) is 0 Å². The van der Waals surface area contributed by atoms with E-state index in [-0.39, 0.29) is 12.0 Å². The highest BCUT2D eigenvalue weighted by molar-refractivity contribution is 5.32. The van der Waals surface area contributed by atoms with Crippen LogP contribution in [0.4, 0.5) is 13.2 Å². The normalized spacial score (nSPS) is 10.8. The molecule has 0 saturated heterocycles. The van der Waals surface area contributed by atoms with E-state index in [1.54, 1.807) is 6.07 Å². The first kappa shape index (κ1) is 11.1. The Morgan fingerprint density at radius 2 is 2.20 bits per heavy atom. The van der Waals surface area contributed by atoms with Gasteiger partial charge in [0.05, 0.1) is 12.5 Å². The van der Waals surface area contributed by atoms with Gasteiger partial charge < -0.3 is 9.72 Å². The SMILES string of the molecule is N#CCc1cc[nH]c(=O)c1OC(F)(F)F. The van der Waals surface area contributed by atoms with Crippen LogP contribution in [0, 0.1) is 11.3 Å². The lowest BCUT2D eigenvalue weighted by Crippen LogP contribution is -2.23. The highest BCUT2D eigenvalue weighted by atomic mass is 19.4. The average Bonchev–Trinajstić information content (AvgIpc) is 2.10. The molecule has 80 valence electrons. The molecule has 0 aromatic carbocycles. The monoisotopic (exact) mass is 218 g/mol. The number of hydrogen-bond acceptors (Lipinski definition) is 3. The van der Waals surface area contributed by atoms with Crippen molar-refractivity contribution in [3.63, 3.8) is 0 Å². The van der Waals surface area contributed by atoms with Crippen LogP contribution >= 0.6 is 0 Å². The van der Waals surface area contributed by atoms with Gasteiger partial charge in [-0.3, -0.25) is 4.79 Å². The molecular formula is C8H5F3N2O2. The Hall–Kier alpha value is -1.97. The van der Waals surface area contributed by atoms with Crippen LogP contribution in [0.15, 0.2) is 17.1 Å². The third-order valence-electron chi connectivity index (χ3n) is 1.48. The zero-order valence-corrected chi connectivity index (χ0v) is 7.26. The van der Waals surface area contributed by atoms with Crippen LogP contribution in [0.2, 0.25) is 0 Å². The predicted molar refractivity (Wildman–Crippen MR) is 43.1 cm³/mol. The molecule has 0 aliphatic carbocycles. The van der Waals surface area contributed by atoms with Crippen molar-refractivity contribution >= 4 is 0 Å². The Morgan fingerprint density at radius 1 is 1.53 bits per heavy atom. The average molecular weight is 218 g/mol. The molecule has 1 heterocycles. The van der Waals surface area contributed by atoms with E-state index in [2.05, 4.69) is 4.74 Å². The third-order valence-corrected chi connectivity index (χ3v) is 1.48. The molecule has 7 heteroatoms. The molecule has 0 radical (unpaired) electrons. The Bertz CT molecular complexity index is 444. The second-order valence-corrected chi connectivity index (χ2v) is 2.54. The van der Waals surface area contributed by atoms with Crippen molar-refractivity contribution in [1.29, 1.82) is 5.26 Å². The fraction of sp³-hybridized carbons (Fsp3) is 0.250. The van der Waals surface area contributed by atoms with Crippen molar-refractivity contribution in [1.82, 2.24) is 4.98 Å². The first-order valence-electron chi connectivity index (χ1n) is 3.77. The number of H-pyrrole nitrogens is 1. The summed E-state index contributed by atoms with van der Waals surface area (Å²) in [5, 5.41) is 8.33. The maximum atomic E-state index is 11.9. The molecule has 1 N–H and O–H groups in total. The molecule has 1 aromatic heterocycles. The summed E-state index contributed by atoms with van der Waals surface area (Å²) < 4.78 is 39.2. The van der Waals surface area contributed by atoms with E-state index >= 15 is 0 Å². The molecule has 0 unspecified atom stereocenters. The van der Waals surface area contributed by atoms with Crippen LogP contribution in [-0.4, -0.2) is 11.3 Å². The smallest absolute Gasteiger partial charge is 0.400 e. The van der Waals surface area contributed by atoms with Gasteiger partial charge in [-0.25, -0.2) is 0 Å². The number of nitriles is 1. The second-order valence-electron chi connectivity index (χ2n) is 2.54. The maximum absolute atomic E-state index is 11.9. The number of hydrogen-bond donors (Lipinski definition) is 1. The highest BCUT2D eigenvalue weighted by Gasteiger charge is 2.33. The lowest BCUT2D eigenvalue weighted by Gasteiger charge is -2.09. The maximum Gasteiger partial charge on any atom is 0.573 e. The van der Waals surface area contributed by atoms with Crippen LogP contribution in [0.5, 0.6) is 5.75 Å². The molecule has 0 bridgehead atoms. The highest BCUT2D eigenvalue weighted by Crippen LogP contribution is 2.22. The number of alkyl halides is 3. The van der Waals surface area contributed by atoms with E-state index in [1.807, 2.05) is 4.98 Å². The van der Waals surface area contributed by atoms with Crippen LogP contribution < -0.4 is 10.3 Å². The molecule has 0 aliphatic heterocycles. The quantitative estimate of drug-likeness (QED) is 0.814. The lowest BCUT2D eigenvalue weighted by molar-refractivity contribution is -0.275. The fourth-order valence-electron chi connectivity index (χ4n) is 0.957. The lowest BCUT2D eigenvalue weighted by atomic mass is 10.2. The summed E-state index contributed by atoms with van der Waals surface area (Å²) in [6, 6.07) is 2.82. The van der Waals surface area contributed by atoms with Gasteiger partial charge in [-0.15, -0.1) is 13.2 Å².